The Morgan fingerprint density at radius 1 is 1.09 bits per heavy atom. The van der Waals surface area contributed by atoms with Crippen LogP contribution in [0.2, 0.25) is 0 Å². The van der Waals surface area contributed by atoms with Gasteiger partial charge in [0.05, 0.1) is 26.1 Å². The van der Waals surface area contributed by atoms with E-state index in [9.17, 15) is 4.79 Å². The molecular formula is C20H30NO2+. The number of benzene rings is 1. The van der Waals surface area contributed by atoms with Crippen molar-refractivity contribution in [2.45, 2.75) is 56.5 Å². The van der Waals surface area contributed by atoms with Gasteiger partial charge in [0.2, 0.25) is 0 Å². The van der Waals surface area contributed by atoms with E-state index in [0.717, 1.165) is 55.2 Å². The molecule has 1 aromatic rings. The molecule has 1 saturated heterocycles. The molecule has 1 aromatic carbocycles. The lowest BCUT2D eigenvalue weighted by molar-refractivity contribution is -0.879. The largest absolute Gasteiger partial charge is 0.455 e. The number of hydrogen-bond acceptors (Lipinski definition) is 2. The normalized spacial score (nSPS) is 26.4. The third kappa shape index (κ3) is 3.60. The van der Waals surface area contributed by atoms with Gasteiger partial charge >= 0.3 is 5.97 Å². The number of hydrogen-bond donors (Lipinski definition) is 0. The van der Waals surface area contributed by atoms with Crippen molar-refractivity contribution in [1.82, 2.24) is 0 Å². The van der Waals surface area contributed by atoms with Crippen LogP contribution in [0.3, 0.4) is 0 Å². The van der Waals surface area contributed by atoms with Gasteiger partial charge in [0.1, 0.15) is 6.54 Å². The van der Waals surface area contributed by atoms with Crippen LogP contribution in [-0.4, -0.2) is 43.7 Å². The lowest BCUT2D eigenvalue weighted by atomic mass is 9.74. The molecule has 0 spiro atoms. The number of esters is 1. The van der Waals surface area contributed by atoms with Crippen LogP contribution in [0.25, 0.3) is 0 Å². The summed E-state index contributed by atoms with van der Waals surface area (Å²) in [5.74, 6) is 0.0255. The molecule has 0 aromatic heterocycles. The highest BCUT2D eigenvalue weighted by atomic mass is 16.5. The first-order valence-electron chi connectivity index (χ1n) is 9.11. The lowest BCUT2D eigenvalue weighted by Gasteiger charge is -2.32. The number of quaternary nitrogens is 1. The van der Waals surface area contributed by atoms with E-state index in [4.69, 9.17) is 4.74 Å². The Bertz CT molecular complexity index is 530. The second-order valence-corrected chi connectivity index (χ2v) is 8.02. The van der Waals surface area contributed by atoms with Gasteiger partial charge in [-0.1, -0.05) is 56.0 Å². The molecule has 3 heteroatoms. The van der Waals surface area contributed by atoms with Crippen LogP contribution in [0, 0.1) is 0 Å². The van der Waals surface area contributed by atoms with E-state index in [0.29, 0.717) is 0 Å². The van der Waals surface area contributed by atoms with E-state index in [2.05, 4.69) is 26.2 Å². The van der Waals surface area contributed by atoms with Crippen molar-refractivity contribution in [3.63, 3.8) is 0 Å². The smallest absolute Gasteiger partial charge is 0.317 e. The predicted octanol–water partition coefficient (Wildman–Crippen LogP) is 3.67. The van der Waals surface area contributed by atoms with Gasteiger partial charge in [0.25, 0.3) is 0 Å². The van der Waals surface area contributed by atoms with Crippen molar-refractivity contribution >= 4 is 5.97 Å². The van der Waals surface area contributed by atoms with Crippen molar-refractivity contribution in [3.8, 4) is 0 Å². The molecule has 2 aliphatic rings. The van der Waals surface area contributed by atoms with Gasteiger partial charge in [0, 0.05) is 6.42 Å². The molecule has 1 heterocycles. The Hall–Kier alpha value is -1.35. The maximum atomic E-state index is 13.2. The minimum atomic E-state index is -0.419. The van der Waals surface area contributed by atoms with Crippen molar-refractivity contribution in [1.29, 1.82) is 0 Å². The van der Waals surface area contributed by atoms with E-state index < -0.39 is 5.41 Å². The number of carbonyl (C=O) groups is 1. The highest BCUT2D eigenvalue weighted by Gasteiger charge is 2.44. The van der Waals surface area contributed by atoms with E-state index in [1.54, 1.807) is 0 Å². The van der Waals surface area contributed by atoms with Gasteiger partial charge in [-0.05, 0) is 18.4 Å². The summed E-state index contributed by atoms with van der Waals surface area (Å²) in [5.41, 5.74) is 0.732. The quantitative estimate of drug-likeness (QED) is 0.483. The number of rotatable bonds is 3. The Labute approximate surface area is 140 Å². The zero-order chi connectivity index (χ0) is 16.3. The average molecular weight is 316 g/mol. The summed E-state index contributed by atoms with van der Waals surface area (Å²) in [6.07, 6.45) is 7.64. The first-order chi connectivity index (χ1) is 11.0. The highest BCUT2D eigenvalue weighted by Crippen LogP contribution is 2.40. The van der Waals surface area contributed by atoms with Crippen LogP contribution in [0.15, 0.2) is 30.3 Å². The molecule has 3 nitrogen and oxygen atoms in total. The molecule has 3 rings (SSSR count). The topological polar surface area (TPSA) is 26.3 Å². The summed E-state index contributed by atoms with van der Waals surface area (Å²) in [6.45, 7) is 2.03. The van der Waals surface area contributed by atoms with Gasteiger partial charge in [-0.3, -0.25) is 4.79 Å². The monoisotopic (exact) mass is 316 g/mol. The molecule has 23 heavy (non-hydrogen) atoms. The Balaban J connectivity index is 1.82. The zero-order valence-corrected chi connectivity index (χ0v) is 14.6. The molecule has 1 atom stereocenters. The molecule has 0 bridgehead atoms. The van der Waals surface area contributed by atoms with E-state index in [-0.39, 0.29) is 12.1 Å². The minimum Gasteiger partial charge on any atom is -0.455 e. The standard InChI is InChI=1S/C20H30NO2/c1-21(2)15-12-18(16-21)23-19(22)20(13-8-3-4-9-14-20)17-10-6-5-7-11-17/h5-7,10-11,18H,3-4,8-9,12-16H2,1-2H3/q+1. The van der Waals surface area contributed by atoms with Gasteiger partial charge in [-0.2, -0.15) is 0 Å². The first-order valence-corrected chi connectivity index (χ1v) is 9.11. The SMILES string of the molecule is C[N+]1(C)CCC(OC(=O)C2(c3ccccc3)CCCCCC2)C1. The summed E-state index contributed by atoms with van der Waals surface area (Å²) in [7, 11) is 4.43. The van der Waals surface area contributed by atoms with Gasteiger partial charge < -0.3 is 9.22 Å². The molecule has 1 aliphatic heterocycles. The van der Waals surface area contributed by atoms with Gasteiger partial charge in [0.15, 0.2) is 6.10 Å². The number of likely N-dealkylation sites (tertiary alicyclic amines) is 1. The Kier molecular flexibility index (Phi) is 4.77. The minimum absolute atomic E-state index is 0.0255. The maximum Gasteiger partial charge on any atom is 0.317 e. The van der Waals surface area contributed by atoms with E-state index in [1.165, 1.54) is 12.8 Å². The third-order valence-corrected chi connectivity index (χ3v) is 5.70. The fourth-order valence-electron chi connectivity index (χ4n) is 4.29. The molecule has 0 N–H and O–H groups in total. The second kappa shape index (κ2) is 6.64. The van der Waals surface area contributed by atoms with Crippen molar-refractivity contribution in [2.75, 3.05) is 27.2 Å². The molecule has 0 amide bonds. The Morgan fingerprint density at radius 2 is 1.74 bits per heavy atom. The van der Waals surface area contributed by atoms with Crippen LogP contribution < -0.4 is 0 Å². The number of carbonyl (C=O) groups excluding carboxylic acids is 1. The van der Waals surface area contributed by atoms with Crippen LogP contribution in [0.5, 0.6) is 0 Å². The summed E-state index contributed by atoms with van der Waals surface area (Å²) >= 11 is 0. The lowest BCUT2D eigenvalue weighted by Crippen LogP contribution is -2.42. The molecule has 2 fully saturated rings. The second-order valence-electron chi connectivity index (χ2n) is 8.02. The highest BCUT2D eigenvalue weighted by molar-refractivity contribution is 5.83. The Morgan fingerprint density at radius 3 is 2.30 bits per heavy atom. The van der Waals surface area contributed by atoms with E-state index in [1.807, 2.05) is 18.2 Å². The number of ether oxygens (including phenoxy) is 1. The molecule has 126 valence electrons. The fraction of sp³-hybridized carbons (Fsp3) is 0.650. The van der Waals surface area contributed by atoms with Gasteiger partial charge in [-0.15, -0.1) is 0 Å². The van der Waals surface area contributed by atoms with Crippen molar-refractivity contribution in [2.24, 2.45) is 0 Å². The average Bonchev–Trinajstić information content (AvgIpc) is 2.76. The van der Waals surface area contributed by atoms with Crippen LogP contribution >= 0.6 is 0 Å². The summed E-state index contributed by atoms with van der Waals surface area (Å²) in [5, 5.41) is 0. The van der Waals surface area contributed by atoms with E-state index >= 15 is 0 Å². The predicted molar refractivity (Wildman–Crippen MR) is 92.2 cm³/mol. The summed E-state index contributed by atoms with van der Waals surface area (Å²) in [6, 6.07) is 10.3. The third-order valence-electron chi connectivity index (χ3n) is 5.70. The maximum absolute atomic E-state index is 13.2. The molecule has 0 radical (unpaired) electrons. The van der Waals surface area contributed by atoms with Crippen molar-refractivity contribution < 1.29 is 14.0 Å². The molecule has 1 unspecified atom stereocenters. The molecule has 1 saturated carbocycles. The fourth-order valence-corrected chi connectivity index (χ4v) is 4.29. The number of likely N-dealkylation sites (N-methyl/N-ethyl adjacent to an activating group) is 1. The zero-order valence-electron chi connectivity index (χ0n) is 14.6. The van der Waals surface area contributed by atoms with Crippen molar-refractivity contribution in [3.05, 3.63) is 35.9 Å². The van der Waals surface area contributed by atoms with Gasteiger partial charge in [-0.25, -0.2) is 0 Å². The number of nitrogens with zero attached hydrogens (tertiary/aromatic N) is 1. The van der Waals surface area contributed by atoms with Crippen LogP contribution in [-0.2, 0) is 14.9 Å². The molecule has 1 aliphatic carbocycles. The summed E-state index contributed by atoms with van der Waals surface area (Å²) < 4.78 is 7.00. The van der Waals surface area contributed by atoms with Crippen LogP contribution in [0.1, 0.15) is 50.5 Å². The molecular weight excluding hydrogens is 286 g/mol. The van der Waals surface area contributed by atoms with Crippen LogP contribution in [0.4, 0.5) is 0 Å². The first kappa shape index (κ1) is 16.5. The summed E-state index contributed by atoms with van der Waals surface area (Å²) in [4.78, 5) is 13.2.